The molecule has 0 radical (unpaired) electrons. The average Bonchev–Trinajstić information content (AvgIpc) is 2.34. The highest BCUT2D eigenvalue weighted by atomic mass is 35.5. The van der Waals surface area contributed by atoms with E-state index < -0.39 is 0 Å². The van der Waals surface area contributed by atoms with Crippen LogP contribution in [0.2, 0.25) is 5.02 Å². The first kappa shape index (κ1) is 16.0. The number of rotatable bonds is 6. The van der Waals surface area contributed by atoms with Gasteiger partial charge >= 0.3 is 0 Å². The minimum atomic E-state index is 0.0127. The number of hydrogen-bond donors (Lipinski definition) is 2. The summed E-state index contributed by atoms with van der Waals surface area (Å²) in [6.07, 6.45) is 0. The highest BCUT2D eigenvalue weighted by Crippen LogP contribution is 2.23. The Bertz CT molecular complexity index is 401. The van der Waals surface area contributed by atoms with Crippen molar-refractivity contribution in [2.75, 3.05) is 6.54 Å². The Kier molecular flexibility index (Phi) is 6.32. The molecule has 4 heteroatoms. The summed E-state index contributed by atoms with van der Waals surface area (Å²) in [4.78, 5) is 11.9. The van der Waals surface area contributed by atoms with Crippen LogP contribution >= 0.6 is 11.6 Å². The Morgan fingerprint density at radius 3 is 2.21 bits per heavy atom. The largest absolute Gasteiger partial charge is 0.348 e. The van der Waals surface area contributed by atoms with Gasteiger partial charge in [-0.1, -0.05) is 51.4 Å². The Morgan fingerprint density at radius 1 is 1.16 bits per heavy atom. The van der Waals surface area contributed by atoms with Crippen molar-refractivity contribution >= 4 is 17.5 Å². The smallest absolute Gasteiger partial charge is 0.234 e. The number of benzene rings is 1. The minimum absolute atomic E-state index is 0.0127. The molecule has 0 aliphatic heterocycles. The van der Waals surface area contributed by atoms with E-state index in [9.17, 15) is 4.79 Å². The molecule has 0 saturated carbocycles. The van der Waals surface area contributed by atoms with Gasteiger partial charge in [0.1, 0.15) is 0 Å². The predicted molar refractivity (Wildman–Crippen MR) is 80.3 cm³/mol. The van der Waals surface area contributed by atoms with Gasteiger partial charge in [-0.3, -0.25) is 4.79 Å². The first-order valence-corrected chi connectivity index (χ1v) is 7.06. The third kappa shape index (κ3) is 5.62. The van der Waals surface area contributed by atoms with Crippen molar-refractivity contribution < 1.29 is 4.79 Å². The summed E-state index contributed by atoms with van der Waals surface area (Å²) >= 11 is 5.89. The number of hydrogen-bond acceptors (Lipinski definition) is 2. The van der Waals surface area contributed by atoms with Crippen LogP contribution in [0.1, 0.15) is 39.3 Å². The van der Waals surface area contributed by atoms with E-state index in [2.05, 4.69) is 24.5 Å². The molecule has 0 bridgehead atoms. The number of carbonyl (C=O) groups is 1. The highest BCUT2D eigenvalue weighted by Gasteiger charge is 2.18. The molecule has 0 heterocycles. The first-order valence-electron chi connectivity index (χ1n) is 6.68. The maximum Gasteiger partial charge on any atom is 0.234 e. The standard InChI is InChI=1S/C15H23ClN2O/c1-10(2)15(12-5-7-13(16)8-6-12)18-14(19)9-17-11(3)4/h5-8,10-11,15,17H,9H2,1-4H3,(H,18,19). The van der Waals surface area contributed by atoms with E-state index in [1.165, 1.54) is 0 Å². The number of nitrogens with one attached hydrogen (secondary N) is 2. The normalized spacial score (nSPS) is 12.8. The maximum absolute atomic E-state index is 11.9. The van der Waals surface area contributed by atoms with Crippen LogP contribution in [0.25, 0.3) is 0 Å². The Balaban J connectivity index is 2.68. The Hall–Kier alpha value is -1.06. The summed E-state index contributed by atoms with van der Waals surface area (Å²) in [6.45, 7) is 8.57. The topological polar surface area (TPSA) is 41.1 Å². The third-order valence-electron chi connectivity index (χ3n) is 2.88. The quantitative estimate of drug-likeness (QED) is 0.841. The van der Waals surface area contributed by atoms with Gasteiger partial charge in [0.15, 0.2) is 0 Å². The molecular formula is C15H23ClN2O. The molecule has 1 aromatic carbocycles. The van der Waals surface area contributed by atoms with Crippen molar-refractivity contribution in [2.45, 2.75) is 39.8 Å². The molecule has 2 N–H and O–H groups in total. The van der Waals surface area contributed by atoms with Gasteiger partial charge in [-0.2, -0.15) is 0 Å². The van der Waals surface area contributed by atoms with Gasteiger partial charge in [-0.05, 0) is 23.6 Å². The second-order valence-electron chi connectivity index (χ2n) is 5.38. The van der Waals surface area contributed by atoms with Crippen molar-refractivity contribution in [1.82, 2.24) is 10.6 Å². The maximum atomic E-state index is 11.9. The van der Waals surface area contributed by atoms with E-state index in [1.54, 1.807) is 0 Å². The van der Waals surface area contributed by atoms with E-state index in [1.807, 2.05) is 38.1 Å². The molecule has 1 rings (SSSR count). The molecule has 3 nitrogen and oxygen atoms in total. The summed E-state index contributed by atoms with van der Waals surface area (Å²) in [5.41, 5.74) is 1.08. The predicted octanol–water partition coefficient (Wildman–Crippen LogP) is 3.15. The van der Waals surface area contributed by atoms with Crippen molar-refractivity contribution in [3.63, 3.8) is 0 Å². The molecule has 0 aliphatic carbocycles. The lowest BCUT2D eigenvalue weighted by Crippen LogP contribution is -2.40. The summed E-state index contributed by atoms with van der Waals surface area (Å²) in [6, 6.07) is 7.94. The molecule has 0 spiro atoms. The van der Waals surface area contributed by atoms with Crippen LogP contribution in [0.3, 0.4) is 0 Å². The average molecular weight is 283 g/mol. The molecule has 1 amide bonds. The van der Waals surface area contributed by atoms with E-state index in [-0.39, 0.29) is 11.9 Å². The second-order valence-corrected chi connectivity index (χ2v) is 5.81. The van der Waals surface area contributed by atoms with E-state index in [0.717, 1.165) is 5.56 Å². The summed E-state index contributed by atoms with van der Waals surface area (Å²) in [5, 5.41) is 6.89. The van der Waals surface area contributed by atoms with Crippen molar-refractivity contribution in [2.24, 2.45) is 5.92 Å². The molecule has 1 unspecified atom stereocenters. The van der Waals surface area contributed by atoms with Gasteiger partial charge in [0, 0.05) is 11.1 Å². The lowest BCUT2D eigenvalue weighted by atomic mass is 9.96. The fourth-order valence-corrected chi connectivity index (χ4v) is 1.95. The van der Waals surface area contributed by atoms with Crippen LogP contribution in [-0.4, -0.2) is 18.5 Å². The Labute approximate surface area is 120 Å². The summed E-state index contributed by atoms with van der Waals surface area (Å²) in [7, 11) is 0. The van der Waals surface area contributed by atoms with Gasteiger partial charge < -0.3 is 10.6 Å². The van der Waals surface area contributed by atoms with Gasteiger partial charge in [0.05, 0.1) is 12.6 Å². The zero-order chi connectivity index (χ0) is 14.4. The Morgan fingerprint density at radius 2 is 1.74 bits per heavy atom. The van der Waals surface area contributed by atoms with Gasteiger partial charge in [-0.25, -0.2) is 0 Å². The van der Waals surface area contributed by atoms with E-state index >= 15 is 0 Å². The van der Waals surface area contributed by atoms with Crippen LogP contribution in [0.5, 0.6) is 0 Å². The van der Waals surface area contributed by atoms with Gasteiger partial charge in [0.25, 0.3) is 0 Å². The van der Waals surface area contributed by atoms with Crippen LogP contribution < -0.4 is 10.6 Å². The fraction of sp³-hybridized carbons (Fsp3) is 0.533. The van der Waals surface area contributed by atoms with Gasteiger partial charge in [0.2, 0.25) is 5.91 Å². The SMILES string of the molecule is CC(C)NCC(=O)NC(c1ccc(Cl)cc1)C(C)C. The van der Waals surface area contributed by atoms with Crippen molar-refractivity contribution in [1.29, 1.82) is 0 Å². The van der Waals surface area contributed by atoms with Crippen LogP contribution in [0, 0.1) is 5.92 Å². The molecule has 0 saturated heterocycles. The van der Waals surface area contributed by atoms with E-state index in [0.29, 0.717) is 23.5 Å². The molecule has 0 fully saturated rings. The zero-order valence-corrected chi connectivity index (χ0v) is 12.8. The van der Waals surface area contributed by atoms with Crippen LogP contribution in [0.4, 0.5) is 0 Å². The molecule has 106 valence electrons. The molecule has 0 aliphatic rings. The first-order chi connectivity index (χ1) is 8.90. The fourth-order valence-electron chi connectivity index (χ4n) is 1.83. The van der Waals surface area contributed by atoms with Crippen LogP contribution in [0.15, 0.2) is 24.3 Å². The van der Waals surface area contributed by atoms with Crippen molar-refractivity contribution in [3.8, 4) is 0 Å². The minimum Gasteiger partial charge on any atom is -0.348 e. The lowest BCUT2D eigenvalue weighted by Gasteiger charge is -2.23. The molecule has 1 aromatic rings. The molecule has 1 atom stereocenters. The van der Waals surface area contributed by atoms with E-state index in [4.69, 9.17) is 11.6 Å². The summed E-state index contributed by atoms with van der Waals surface area (Å²) < 4.78 is 0. The lowest BCUT2D eigenvalue weighted by molar-refractivity contribution is -0.121. The molecular weight excluding hydrogens is 260 g/mol. The highest BCUT2D eigenvalue weighted by molar-refractivity contribution is 6.30. The summed E-state index contributed by atoms with van der Waals surface area (Å²) in [5.74, 6) is 0.339. The number of halogens is 1. The zero-order valence-electron chi connectivity index (χ0n) is 12.0. The van der Waals surface area contributed by atoms with Gasteiger partial charge in [-0.15, -0.1) is 0 Å². The second kappa shape index (κ2) is 7.51. The molecule has 19 heavy (non-hydrogen) atoms. The third-order valence-corrected chi connectivity index (χ3v) is 3.14. The monoisotopic (exact) mass is 282 g/mol. The van der Waals surface area contributed by atoms with Crippen molar-refractivity contribution in [3.05, 3.63) is 34.9 Å². The number of carbonyl (C=O) groups excluding carboxylic acids is 1. The number of amides is 1. The van der Waals surface area contributed by atoms with Crippen LogP contribution in [-0.2, 0) is 4.79 Å². The molecule has 0 aromatic heterocycles.